The Morgan fingerprint density at radius 2 is 1.26 bits per heavy atom. The molecular formula is C43H29N3S. The van der Waals surface area contributed by atoms with Gasteiger partial charge in [0.25, 0.3) is 0 Å². The molecule has 0 bridgehead atoms. The van der Waals surface area contributed by atoms with Crippen LogP contribution >= 0.6 is 11.3 Å². The van der Waals surface area contributed by atoms with Gasteiger partial charge in [-0.05, 0) is 64.7 Å². The summed E-state index contributed by atoms with van der Waals surface area (Å²) in [5, 5.41) is 4.98. The maximum atomic E-state index is 5.36. The van der Waals surface area contributed by atoms with Crippen molar-refractivity contribution < 1.29 is 0 Å². The van der Waals surface area contributed by atoms with Crippen molar-refractivity contribution in [3.8, 4) is 39.6 Å². The van der Waals surface area contributed by atoms with Crippen LogP contribution in [0.15, 0.2) is 140 Å². The number of nitrogens with zero attached hydrogens (tertiary/aromatic N) is 3. The van der Waals surface area contributed by atoms with Gasteiger partial charge in [0.1, 0.15) is 5.82 Å². The number of hydrogen-bond acceptors (Lipinski definition) is 3. The van der Waals surface area contributed by atoms with Gasteiger partial charge in [0.2, 0.25) is 0 Å². The molecular weight excluding hydrogens is 591 g/mol. The monoisotopic (exact) mass is 619 g/mol. The number of benzene rings is 6. The van der Waals surface area contributed by atoms with Crippen LogP contribution in [0.1, 0.15) is 25.0 Å². The molecule has 0 radical (unpaired) electrons. The van der Waals surface area contributed by atoms with E-state index in [1.807, 2.05) is 11.3 Å². The fourth-order valence-electron chi connectivity index (χ4n) is 7.71. The number of thiophene rings is 1. The van der Waals surface area contributed by atoms with E-state index in [4.69, 9.17) is 9.97 Å². The molecule has 9 aromatic rings. The predicted molar refractivity (Wildman–Crippen MR) is 198 cm³/mol. The Kier molecular flexibility index (Phi) is 5.50. The number of hydrogen-bond donors (Lipinski definition) is 0. The largest absolute Gasteiger partial charge is 0.294 e. The second kappa shape index (κ2) is 9.71. The highest BCUT2D eigenvalue weighted by Crippen LogP contribution is 2.51. The lowest BCUT2D eigenvalue weighted by atomic mass is 9.82. The van der Waals surface area contributed by atoms with Gasteiger partial charge in [0, 0.05) is 53.6 Å². The van der Waals surface area contributed by atoms with E-state index in [1.165, 1.54) is 53.2 Å². The standard InChI is InChI=1S/C43H29N3S/c1-43(2)34-17-9-6-14-28(34)31-24-38-32(23-35(31)43)29-15-7-10-18-37(29)46(38)41-25-36(26-12-4-3-5-13-26)44-42(45-41)27-20-21-40-33(22-27)30-16-8-11-19-39(30)47-40/h3-25H,1-2H3. The Morgan fingerprint density at radius 1 is 0.511 bits per heavy atom. The third kappa shape index (κ3) is 3.85. The summed E-state index contributed by atoms with van der Waals surface area (Å²) in [6, 6.07) is 50.3. The van der Waals surface area contributed by atoms with Crippen molar-refractivity contribution in [2.45, 2.75) is 19.3 Å². The Labute approximate surface area is 276 Å². The van der Waals surface area contributed by atoms with E-state index in [2.05, 4.69) is 158 Å². The molecule has 0 spiro atoms. The zero-order chi connectivity index (χ0) is 31.3. The molecule has 0 saturated carbocycles. The molecule has 0 unspecified atom stereocenters. The van der Waals surface area contributed by atoms with Crippen LogP contribution in [0.4, 0.5) is 0 Å². The minimum Gasteiger partial charge on any atom is -0.294 e. The molecule has 3 heterocycles. The first-order valence-electron chi connectivity index (χ1n) is 16.1. The molecule has 3 aromatic heterocycles. The zero-order valence-electron chi connectivity index (χ0n) is 26.0. The third-order valence-electron chi connectivity index (χ3n) is 10.0. The van der Waals surface area contributed by atoms with Crippen LogP contribution < -0.4 is 0 Å². The third-order valence-corrected chi connectivity index (χ3v) is 11.2. The lowest BCUT2D eigenvalue weighted by Gasteiger charge is -2.21. The predicted octanol–water partition coefficient (Wildman–Crippen LogP) is 11.6. The minimum atomic E-state index is -0.0731. The fourth-order valence-corrected chi connectivity index (χ4v) is 8.80. The second-order valence-electron chi connectivity index (χ2n) is 13.0. The molecule has 3 nitrogen and oxygen atoms in total. The van der Waals surface area contributed by atoms with Gasteiger partial charge in [-0.15, -0.1) is 11.3 Å². The summed E-state index contributed by atoms with van der Waals surface area (Å²) in [5.41, 5.74) is 10.6. The van der Waals surface area contributed by atoms with Crippen LogP contribution in [-0.4, -0.2) is 14.5 Å². The van der Waals surface area contributed by atoms with Gasteiger partial charge in [0.05, 0.1) is 16.7 Å². The lowest BCUT2D eigenvalue weighted by Crippen LogP contribution is -2.14. The van der Waals surface area contributed by atoms with Crippen molar-refractivity contribution in [3.63, 3.8) is 0 Å². The number of rotatable bonds is 3. The van der Waals surface area contributed by atoms with Crippen molar-refractivity contribution in [2.75, 3.05) is 0 Å². The van der Waals surface area contributed by atoms with Crippen molar-refractivity contribution >= 4 is 53.3 Å². The summed E-state index contributed by atoms with van der Waals surface area (Å²) in [5.74, 6) is 1.58. The van der Waals surface area contributed by atoms with Crippen molar-refractivity contribution in [1.82, 2.24) is 14.5 Å². The van der Waals surface area contributed by atoms with Crippen LogP contribution in [0.25, 0.3) is 81.6 Å². The van der Waals surface area contributed by atoms with E-state index >= 15 is 0 Å². The van der Waals surface area contributed by atoms with Gasteiger partial charge in [-0.25, -0.2) is 9.97 Å². The molecule has 0 amide bonds. The Morgan fingerprint density at radius 3 is 2.15 bits per heavy atom. The molecule has 4 heteroatoms. The van der Waals surface area contributed by atoms with Gasteiger partial charge in [-0.2, -0.15) is 0 Å². The van der Waals surface area contributed by atoms with E-state index in [0.717, 1.165) is 39.5 Å². The first kappa shape index (κ1) is 26.6. The highest BCUT2D eigenvalue weighted by molar-refractivity contribution is 7.25. The van der Waals surface area contributed by atoms with Gasteiger partial charge in [-0.1, -0.05) is 105 Å². The topological polar surface area (TPSA) is 30.7 Å². The average Bonchev–Trinajstić information content (AvgIpc) is 3.73. The van der Waals surface area contributed by atoms with Gasteiger partial charge < -0.3 is 0 Å². The lowest BCUT2D eigenvalue weighted by molar-refractivity contribution is 0.661. The number of para-hydroxylation sites is 1. The quantitative estimate of drug-likeness (QED) is 0.197. The molecule has 1 aliphatic carbocycles. The van der Waals surface area contributed by atoms with E-state index in [1.54, 1.807) is 0 Å². The Balaban J connectivity index is 1.27. The SMILES string of the molecule is CC1(C)c2ccccc2-c2cc3c(cc21)c1ccccc1n3-c1cc(-c2ccccc2)nc(-c2ccc3sc4ccccc4c3c2)n1. The van der Waals surface area contributed by atoms with Crippen LogP contribution in [0, 0.1) is 0 Å². The highest BCUT2D eigenvalue weighted by Gasteiger charge is 2.36. The molecule has 0 N–H and O–H groups in total. The van der Waals surface area contributed by atoms with Crippen LogP contribution in [0.5, 0.6) is 0 Å². The van der Waals surface area contributed by atoms with Crippen molar-refractivity contribution in [1.29, 1.82) is 0 Å². The van der Waals surface area contributed by atoms with Gasteiger partial charge >= 0.3 is 0 Å². The van der Waals surface area contributed by atoms with Gasteiger partial charge in [0.15, 0.2) is 5.82 Å². The zero-order valence-corrected chi connectivity index (χ0v) is 26.8. The summed E-state index contributed by atoms with van der Waals surface area (Å²) >= 11 is 1.83. The Bertz CT molecular complexity index is 2710. The Hall–Kier alpha value is -5.58. The first-order chi connectivity index (χ1) is 23.0. The average molecular weight is 620 g/mol. The maximum Gasteiger partial charge on any atom is 0.162 e. The molecule has 1 aliphatic rings. The van der Waals surface area contributed by atoms with Crippen molar-refractivity contribution in [2.24, 2.45) is 0 Å². The van der Waals surface area contributed by atoms with E-state index in [0.29, 0.717) is 0 Å². The smallest absolute Gasteiger partial charge is 0.162 e. The van der Waals surface area contributed by atoms with Crippen LogP contribution in [-0.2, 0) is 5.41 Å². The van der Waals surface area contributed by atoms with Crippen LogP contribution in [0.2, 0.25) is 0 Å². The number of fused-ring (bicyclic) bond motifs is 9. The summed E-state index contributed by atoms with van der Waals surface area (Å²) in [6.07, 6.45) is 0. The second-order valence-corrected chi connectivity index (χ2v) is 14.1. The molecule has 222 valence electrons. The normalized spacial score (nSPS) is 13.5. The fraction of sp³-hybridized carbons (Fsp3) is 0.0698. The summed E-state index contributed by atoms with van der Waals surface area (Å²) in [6.45, 7) is 4.69. The molecule has 6 aromatic carbocycles. The molecule has 47 heavy (non-hydrogen) atoms. The minimum absolute atomic E-state index is 0.0731. The summed E-state index contributed by atoms with van der Waals surface area (Å²) in [4.78, 5) is 10.6. The van der Waals surface area contributed by atoms with E-state index in [-0.39, 0.29) is 5.41 Å². The van der Waals surface area contributed by atoms with Crippen molar-refractivity contribution in [3.05, 3.63) is 151 Å². The first-order valence-corrected chi connectivity index (χ1v) is 16.9. The van der Waals surface area contributed by atoms with Gasteiger partial charge in [-0.3, -0.25) is 4.57 Å². The molecule has 0 saturated heterocycles. The van der Waals surface area contributed by atoms with Crippen LogP contribution in [0.3, 0.4) is 0 Å². The van der Waals surface area contributed by atoms with E-state index in [9.17, 15) is 0 Å². The summed E-state index contributed by atoms with van der Waals surface area (Å²) in [7, 11) is 0. The molecule has 0 atom stereocenters. The molecule has 0 aliphatic heterocycles. The maximum absolute atomic E-state index is 5.36. The molecule has 0 fully saturated rings. The van der Waals surface area contributed by atoms with E-state index < -0.39 is 0 Å². The number of aromatic nitrogens is 3. The highest BCUT2D eigenvalue weighted by atomic mass is 32.1. The summed E-state index contributed by atoms with van der Waals surface area (Å²) < 4.78 is 4.91. The molecule has 10 rings (SSSR count).